The second-order valence-electron chi connectivity index (χ2n) is 3.76. The van der Waals surface area contributed by atoms with E-state index in [-0.39, 0.29) is 42.8 Å². The Hall–Kier alpha value is -0.840. The SMILES string of the molecule is CC(N)CC(=O)N[C@@H](C)c1cccnc1.Cl.Cl. The van der Waals surface area contributed by atoms with Crippen LogP contribution in [0.5, 0.6) is 0 Å². The minimum Gasteiger partial charge on any atom is -0.349 e. The number of pyridine rings is 1. The van der Waals surface area contributed by atoms with Gasteiger partial charge in [-0.05, 0) is 25.5 Å². The first-order valence-corrected chi connectivity index (χ1v) is 5.04. The van der Waals surface area contributed by atoms with E-state index in [1.54, 1.807) is 12.4 Å². The molecule has 0 aliphatic carbocycles. The number of carbonyl (C=O) groups is 1. The quantitative estimate of drug-likeness (QED) is 0.884. The molecule has 0 saturated heterocycles. The van der Waals surface area contributed by atoms with Gasteiger partial charge < -0.3 is 11.1 Å². The van der Waals surface area contributed by atoms with Crippen molar-refractivity contribution < 1.29 is 4.79 Å². The number of aromatic nitrogens is 1. The third-order valence-electron chi connectivity index (χ3n) is 2.07. The zero-order chi connectivity index (χ0) is 11.3. The number of nitrogens with zero attached hydrogens (tertiary/aromatic N) is 1. The van der Waals surface area contributed by atoms with Gasteiger partial charge in [0.1, 0.15) is 0 Å². The maximum Gasteiger partial charge on any atom is 0.222 e. The molecule has 1 aromatic rings. The van der Waals surface area contributed by atoms with Gasteiger partial charge in [-0.1, -0.05) is 6.07 Å². The molecular weight excluding hydrogens is 261 g/mol. The second-order valence-corrected chi connectivity index (χ2v) is 3.76. The molecule has 1 heterocycles. The lowest BCUT2D eigenvalue weighted by atomic mass is 10.1. The van der Waals surface area contributed by atoms with Crippen LogP contribution < -0.4 is 11.1 Å². The van der Waals surface area contributed by atoms with Crippen LogP contribution >= 0.6 is 24.8 Å². The Kier molecular flexibility index (Phi) is 10.0. The molecule has 0 fully saturated rings. The van der Waals surface area contributed by atoms with Gasteiger partial charge in [0.05, 0.1) is 6.04 Å². The van der Waals surface area contributed by atoms with Gasteiger partial charge in [-0.3, -0.25) is 9.78 Å². The molecule has 0 radical (unpaired) electrons. The van der Waals surface area contributed by atoms with Crippen LogP contribution in [0.1, 0.15) is 31.9 Å². The van der Waals surface area contributed by atoms with Gasteiger partial charge in [-0.2, -0.15) is 0 Å². The molecule has 17 heavy (non-hydrogen) atoms. The van der Waals surface area contributed by atoms with E-state index in [2.05, 4.69) is 10.3 Å². The van der Waals surface area contributed by atoms with Gasteiger partial charge in [-0.25, -0.2) is 0 Å². The van der Waals surface area contributed by atoms with Gasteiger partial charge in [0, 0.05) is 24.9 Å². The molecule has 0 spiro atoms. The number of hydrogen-bond acceptors (Lipinski definition) is 3. The Morgan fingerprint density at radius 2 is 2.12 bits per heavy atom. The van der Waals surface area contributed by atoms with Crippen molar-refractivity contribution in [1.29, 1.82) is 0 Å². The molecular formula is C11H19Cl2N3O. The summed E-state index contributed by atoms with van der Waals surface area (Å²) in [6.07, 6.45) is 3.81. The standard InChI is InChI=1S/C11H17N3O.2ClH/c1-8(12)6-11(15)14-9(2)10-4-3-5-13-7-10;;/h3-5,7-9H,6,12H2,1-2H3,(H,14,15);2*1H/t8?,9-;;/m0../s1. The van der Waals surface area contributed by atoms with Crippen LogP contribution in [0, 0.1) is 0 Å². The lowest BCUT2D eigenvalue weighted by Crippen LogP contribution is -2.31. The van der Waals surface area contributed by atoms with Crippen LogP contribution in [0.25, 0.3) is 0 Å². The van der Waals surface area contributed by atoms with Gasteiger partial charge in [0.2, 0.25) is 5.91 Å². The predicted molar refractivity (Wildman–Crippen MR) is 73.6 cm³/mol. The van der Waals surface area contributed by atoms with Crippen molar-refractivity contribution in [2.75, 3.05) is 0 Å². The lowest BCUT2D eigenvalue weighted by molar-refractivity contribution is -0.122. The van der Waals surface area contributed by atoms with E-state index in [0.717, 1.165) is 5.56 Å². The minimum atomic E-state index is -0.105. The molecule has 1 aromatic heterocycles. The maximum absolute atomic E-state index is 11.4. The van der Waals surface area contributed by atoms with E-state index in [9.17, 15) is 4.79 Å². The average molecular weight is 280 g/mol. The Morgan fingerprint density at radius 3 is 2.59 bits per heavy atom. The number of amides is 1. The summed E-state index contributed by atoms with van der Waals surface area (Å²) in [5, 5.41) is 2.87. The third-order valence-corrected chi connectivity index (χ3v) is 2.07. The number of carbonyl (C=O) groups excluding carboxylic acids is 1. The van der Waals surface area contributed by atoms with Crippen molar-refractivity contribution >= 4 is 30.7 Å². The van der Waals surface area contributed by atoms with Gasteiger partial charge >= 0.3 is 0 Å². The van der Waals surface area contributed by atoms with Gasteiger partial charge in [0.25, 0.3) is 0 Å². The van der Waals surface area contributed by atoms with Crippen LogP contribution in [0.2, 0.25) is 0 Å². The fourth-order valence-electron chi connectivity index (χ4n) is 1.31. The smallest absolute Gasteiger partial charge is 0.222 e. The fraction of sp³-hybridized carbons (Fsp3) is 0.455. The van der Waals surface area contributed by atoms with Crippen LogP contribution in [-0.4, -0.2) is 16.9 Å². The first kappa shape index (κ1) is 18.5. The molecule has 6 heteroatoms. The first-order chi connectivity index (χ1) is 7.09. The summed E-state index contributed by atoms with van der Waals surface area (Å²) in [4.78, 5) is 15.4. The zero-order valence-electron chi connectivity index (χ0n) is 9.92. The van der Waals surface area contributed by atoms with Crippen LogP contribution in [0.15, 0.2) is 24.5 Å². The second kappa shape index (κ2) is 9.22. The summed E-state index contributed by atoms with van der Waals surface area (Å²) < 4.78 is 0. The number of hydrogen-bond donors (Lipinski definition) is 2. The molecule has 1 amide bonds. The van der Waals surface area contributed by atoms with Crippen molar-refractivity contribution in [1.82, 2.24) is 10.3 Å². The molecule has 0 aromatic carbocycles. The summed E-state index contributed by atoms with van der Waals surface area (Å²) in [5.41, 5.74) is 6.53. The minimum absolute atomic E-state index is 0. The van der Waals surface area contributed by atoms with E-state index >= 15 is 0 Å². The molecule has 0 bridgehead atoms. The van der Waals surface area contributed by atoms with Crippen molar-refractivity contribution in [3.63, 3.8) is 0 Å². The number of halogens is 2. The van der Waals surface area contributed by atoms with E-state index in [1.807, 2.05) is 26.0 Å². The molecule has 4 nitrogen and oxygen atoms in total. The molecule has 1 rings (SSSR count). The lowest BCUT2D eigenvalue weighted by Gasteiger charge is -2.14. The Balaban J connectivity index is 0. The van der Waals surface area contributed by atoms with E-state index in [4.69, 9.17) is 5.73 Å². The van der Waals surface area contributed by atoms with Crippen LogP contribution in [0.3, 0.4) is 0 Å². The van der Waals surface area contributed by atoms with Crippen LogP contribution in [-0.2, 0) is 4.79 Å². The fourth-order valence-corrected chi connectivity index (χ4v) is 1.31. The highest BCUT2D eigenvalue weighted by molar-refractivity contribution is 5.85. The first-order valence-electron chi connectivity index (χ1n) is 5.04. The van der Waals surface area contributed by atoms with E-state index in [0.29, 0.717) is 6.42 Å². The number of rotatable bonds is 4. The van der Waals surface area contributed by atoms with Crippen molar-refractivity contribution in [2.24, 2.45) is 5.73 Å². The Morgan fingerprint density at radius 1 is 1.47 bits per heavy atom. The highest BCUT2D eigenvalue weighted by atomic mass is 35.5. The summed E-state index contributed by atoms with van der Waals surface area (Å²) in [6.45, 7) is 3.74. The molecule has 0 aliphatic heterocycles. The summed E-state index contributed by atoms with van der Waals surface area (Å²) in [7, 11) is 0. The Labute approximate surface area is 114 Å². The van der Waals surface area contributed by atoms with Crippen LogP contribution in [0.4, 0.5) is 0 Å². The largest absolute Gasteiger partial charge is 0.349 e. The Bertz CT molecular complexity index is 320. The summed E-state index contributed by atoms with van der Waals surface area (Å²) in [5.74, 6) is -0.0265. The topological polar surface area (TPSA) is 68.0 Å². The molecule has 1 unspecified atom stereocenters. The molecule has 98 valence electrons. The van der Waals surface area contributed by atoms with E-state index in [1.165, 1.54) is 0 Å². The normalized spacial score (nSPS) is 12.6. The molecule has 0 aliphatic rings. The summed E-state index contributed by atoms with van der Waals surface area (Å²) in [6, 6.07) is 3.66. The summed E-state index contributed by atoms with van der Waals surface area (Å²) >= 11 is 0. The number of nitrogens with two attached hydrogens (primary N) is 1. The average Bonchev–Trinajstić information content (AvgIpc) is 2.17. The third kappa shape index (κ3) is 7.15. The molecule has 2 atom stereocenters. The van der Waals surface area contributed by atoms with Gasteiger partial charge in [-0.15, -0.1) is 24.8 Å². The molecule has 3 N–H and O–H groups in total. The highest BCUT2D eigenvalue weighted by Gasteiger charge is 2.10. The zero-order valence-corrected chi connectivity index (χ0v) is 11.6. The van der Waals surface area contributed by atoms with Crippen molar-refractivity contribution in [2.45, 2.75) is 32.4 Å². The van der Waals surface area contributed by atoms with Crippen molar-refractivity contribution in [3.05, 3.63) is 30.1 Å². The maximum atomic E-state index is 11.4. The number of nitrogens with one attached hydrogen (secondary N) is 1. The molecule has 0 saturated carbocycles. The monoisotopic (exact) mass is 279 g/mol. The van der Waals surface area contributed by atoms with Crippen molar-refractivity contribution in [3.8, 4) is 0 Å². The van der Waals surface area contributed by atoms with Gasteiger partial charge in [0.15, 0.2) is 0 Å². The van der Waals surface area contributed by atoms with E-state index < -0.39 is 0 Å². The highest BCUT2D eigenvalue weighted by Crippen LogP contribution is 2.09. The predicted octanol–water partition coefficient (Wildman–Crippen LogP) is 1.84.